The van der Waals surface area contributed by atoms with E-state index in [9.17, 15) is 0 Å². The number of nitrogens with one attached hydrogen (secondary N) is 1. The number of benzene rings is 1. The van der Waals surface area contributed by atoms with Crippen LogP contribution >= 0.6 is 11.6 Å². The molecule has 2 rings (SSSR count). The molecule has 1 unspecified atom stereocenters. The second-order valence-electron chi connectivity index (χ2n) is 3.88. The summed E-state index contributed by atoms with van der Waals surface area (Å²) in [5.74, 6) is 0. The highest BCUT2D eigenvalue weighted by Gasteiger charge is 2.07. The Kier molecular flexibility index (Phi) is 3.49. The summed E-state index contributed by atoms with van der Waals surface area (Å²) in [5, 5.41) is 3.98. The fourth-order valence-electron chi connectivity index (χ4n) is 1.60. The average molecular weight is 248 g/mol. The molecule has 0 aliphatic carbocycles. The summed E-state index contributed by atoms with van der Waals surface area (Å²) >= 11 is 5.94. The maximum atomic E-state index is 5.94. The number of nitrogens with two attached hydrogens (primary N) is 1. The molecule has 0 bridgehead atoms. The first kappa shape index (κ1) is 11.7. The Morgan fingerprint density at radius 1 is 1.35 bits per heavy atom. The van der Waals surface area contributed by atoms with Gasteiger partial charge in [0, 0.05) is 17.4 Å². The van der Waals surface area contributed by atoms with Crippen LogP contribution in [0.1, 0.15) is 18.5 Å². The Bertz CT molecular complexity index is 499. The Morgan fingerprint density at radius 2 is 2.18 bits per heavy atom. The molecule has 0 radical (unpaired) electrons. The van der Waals surface area contributed by atoms with Gasteiger partial charge in [0.1, 0.15) is 0 Å². The minimum atomic E-state index is 0.129. The van der Waals surface area contributed by atoms with E-state index < -0.39 is 0 Å². The number of nitrogen functional groups attached to an aromatic ring is 1. The third-order valence-electron chi connectivity index (χ3n) is 2.57. The summed E-state index contributed by atoms with van der Waals surface area (Å²) in [4.78, 5) is 4.09. The molecule has 3 nitrogen and oxygen atoms in total. The SMILES string of the molecule is CC(Nc1cc(Cl)ccc1N)c1cccnc1. The summed E-state index contributed by atoms with van der Waals surface area (Å²) in [6, 6.07) is 9.45. The van der Waals surface area contributed by atoms with E-state index in [4.69, 9.17) is 17.3 Å². The lowest BCUT2D eigenvalue weighted by molar-refractivity contribution is 0.876. The second kappa shape index (κ2) is 5.06. The van der Waals surface area contributed by atoms with Crippen LogP contribution in [0, 0.1) is 0 Å². The topological polar surface area (TPSA) is 50.9 Å². The van der Waals surface area contributed by atoms with Gasteiger partial charge < -0.3 is 11.1 Å². The van der Waals surface area contributed by atoms with E-state index in [-0.39, 0.29) is 6.04 Å². The molecule has 1 aromatic carbocycles. The van der Waals surface area contributed by atoms with Crippen LogP contribution in [0.4, 0.5) is 11.4 Å². The molecule has 0 aliphatic heterocycles. The molecular formula is C13H14ClN3. The van der Waals surface area contributed by atoms with Gasteiger partial charge in [-0.15, -0.1) is 0 Å². The van der Waals surface area contributed by atoms with E-state index >= 15 is 0 Å². The predicted molar refractivity (Wildman–Crippen MR) is 72.1 cm³/mol. The molecule has 1 heterocycles. The smallest absolute Gasteiger partial charge is 0.0593 e. The third-order valence-corrected chi connectivity index (χ3v) is 2.81. The van der Waals surface area contributed by atoms with Crippen molar-refractivity contribution >= 4 is 23.0 Å². The van der Waals surface area contributed by atoms with E-state index in [2.05, 4.69) is 17.2 Å². The van der Waals surface area contributed by atoms with Gasteiger partial charge in [-0.05, 0) is 36.8 Å². The zero-order chi connectivity index (χ0) is 12.3. The fraction of sp³-hybridized carbons (Fsp3) is 0.154. The molecular weight excluding hydrogens is 234 g/mol. The van der Waals surface area contributed by atoms with E-state index in [1.54, 1.807) is 18.3 Å². The van der Waals surface area contributed by atoms with Gasteiger partial charge in [0.2, 0.25) is 0 Å². The third kappa shape index (κ3) is 2.88. The number of pyridine rings is 1. The maximum Gasteiger partial charge on any atom is 0.0593 e. The number of nitrogens with zero attached hydrogens (tertiary/aromatic N) is 1. The van der Waals surface area contributed by atoms with Gasteiger partial charge in [-0.25, -0.2) is 0 Å². The Balaban J connectivity index is 2.18. The van der Waals surface area contributed by atoms with Crippen molar-refractivity contribution in [3.05, 3.63) is 53.3 Å². The largest absolute Gasteiger partial charge is 0.397 e. The number of anilines is 2. The van der Waals surface area contributed by atoms with Crippen LogP contribution in [0.25, 0.3) is 0 Å². The summed E-state index contributed by atoms with van der Waals surface area (Å²) in [7, 11) is 0. The van der Waals surface area contributed by atoms with Crippen LogP contribution in [0.15, 0.2) is 42.7 Å². The number of rotatable bonds is 3. The monoisotopic (exact) mass is 247 g/mol. The lowest BCUT2D eigenvalue weighted by Gasteiger charge is -2.17. The highest BCUT2D eigenvalue weighted by molar-refractivity contribution is 6.31. The normalized spacial score (nSPS) is 12.1. The van der Waals surface area contributed by atoms with Crippen molar-refractivity contribution in [3.63, 3.8) is 0 Å². The van der Waals surface area contributed by atoms with Crippen LogP contribution in [-0.4, -0.2) is 4.98 Å². The van der Waals surface area contributed by atoms with Crippen LogP contribution in [0.2, 0.25) is 5.02 Å². The van der Waals surface area contributed by atoms with Crippen LogP contribution in [-0.2, 0) is 0 Å². The van der Waals surface area contributed by atoms with Crippen molar-refractivity contribution in [2.24, 2.45) is 0 Å². The van der Waals surface area contributed by atoms with E-state index in [1.807, 2.05) is 24.4 Å². The molecule has 1 aromatic heterocycles. The summed E-state index contributed by atoms with van der Waals surface area (Å²) in [6.45, 7) is 2.05. The second-order valence-corrected chi connectivity index (χ2v) is 4.32. The van der Waals surface area contributed by atoms with E-state index in [0.717, 1.165) is 11.3 Å². The molecule has 0 saturated heterocycles. The molecule has 0 spiro atoms. The van der Waals surface area contributed by atoms with Crippen molar-refractivity contribution in [1.29, 1.82) is 0 Å². The Labute approximate surface area is 106 Å². The van der Waals surface area contributed by atoms with Gasteiger partial charge in [0.25, 0.3) is 0 Å². The van der Waals surface area contributed by atoms with Gasteiger partial charge in [0.15, 0.2) is 0 Å². The Hall–Kier alpha value is -1.74. The number of halogens is 1. The van der Waals surface area contributed by atoms with Crippen molar-refractivity contribution in [2.45, 2.75) is 13.0 Å². The van der Waals surface area contributed by atoms with Gasteiger partial charge in [0.05, 0.1) is 17.4 Å². The molecule has 3 N–H and O–H groups in total. The summed E-state index contributed by atoms with van der Waals surface area (Å²) in [5.41, 5.74) is 8.51. The van der Waals surface area contributed by atoms with Crippen molar-refractivity contribution < 1.29 is 0 Å². The minimum Gasteiger partial charge on any atom is -0.397 e. The lowest BCUT2D eigenvalue weighted by atomic mass is 10.1. The number of hydrogen-bond donors (Lipinski definition) is 2. The highest BCUT2D eigenvalue weighted by atomic mass is 35.5. The zero-order valence-electron chi connectivity index (χ0n) is 9.52. The molecule has 0 amide bonds. The summed E-state index contributed by atoms with van der Waals surface area (Å²) in [6.07, 6.45) is 3.59. The molecule has 0 aliphatic rings. The molecule has 1 atom stereocenters. The first-order chi connectivity index (χ1) is 8.16. The lowest BCUT2D eigenvalue weighted by Crippen LogP contribution is -2.08. The molecule has 4 heteroatoms. The molecule has 0 fully saturated rings. The number of hydrogen-bond acceptors (Lipinski definition) is 3. The predicted octanol–water partition coefficient (Wildman–Crippen LogP) is 3.49. The van der Waals surface area contributed by atoms with Crippen LogP contribution in [0.3, 0.4) is 0 Å². The average Bonchev–Trinajstić information content (AvgIpc) is 2.35. The first-order valence-corrected chi connectivity index (χ1v) is 5.76. The maximum absolute atomic E-state index is 5.94. The molecule has 17 heavy (non-hydrogen) atoms. The van der Waals surface area contributed by atoms with E-state index in [0.29, 0.717) is 10.7 Å². The summed E-state index contributed by atoms with van der Waals surface area (Å²) < 4.78 is 0. The van der Waals surface area contributed by atoms with Crippen LogP contribution < -0.4 is 11.1 Å². The first-order valence-electron chi connectivity index (χ1n) is 5.38. The zero-order valence-corrected chi connectivity index (χ0v) is 10.3. The Morgan fingerprint density at radius 3 is 2.88 bits per heavy atom. The van der Waals surface area contributed by atoms with E-state index in [1.165, 1.54) is 0 Å². The van der Waals surface area contributed by atoms with Crippen molar-refractivity contribution in [3.8, 4) is 0 Å². The van der Waals surface area contributed by atoms with Crippen LogP contribution in [0.5, 0.6) is 0 Å². The van der Waals surface area contributed by atoms with Crippen molar-refractivity contribution in [2.75, 3.05) is 11.1 Å². The number of aromatic nitrogens is 1. The van der Waals surface area contributed by atoms with Gasteiger partial charge in [-0.2, -0.15) is 0 Å². The van der Waals surface area contributed by atoms with Gasteiger partial charge in [-0.1, -0.05) is 17.7 Å². The quantitative estimate of drug-likeness (QED) is 0.817. The van der Waals surface area contributed by atoms with Crippen molar-refractivity contribution in [1.82, 2.24) is 4.98 Å². The molecule has 0 saturated carbocycles. The molecule has 2 aromatic rings. The minimum absolute atomic E-state index is 0.129. The highest BCUT2D eigenvalue weighted by Crippen LogP contribution is 2.26. The van der Waals surface area contributed by atoms with Gasteiger partial charge >= 0.3 is 0 Å². The molecule has 88 valence electrons. The fourth-order valence-corrected chi connectivity index (χ4v) is 1.77. The van der Waals surface area contributed by atoms with Gasteiger partial charge in [-0.3, -0.25) is 4.98 Å². The standard InChI is InChI=1S/C13H14ClN3/c1-9(10-3-2-6-16-8-10)17-13-7-11(14)4-5-12(13)15/h2-9,17H,15H2,1H3.